The Bertz CT molecular complexity index is 613. The molecule has 1 aliphatic heterocycles. The number of hydrogen-bond donors (Lipinski definition) is 2. The second-order valence-corrected chi connectivity index (χ2v) is 5.10. The van der Waals surface area contributed by atoms with Gasteiger partial charge in [0, 0.05) is 18.7 Å². The average Bonchev–Trinajstić information content (AvgIpc) is 3.00. The first-order valence-electron chi connectivity index (χ1n) is 7.01. The van der Waals surface area contributed by atoms with Crippen molar-refractivity contribution in [3.05, 3.63) is 53.2 Å². The molecule has 0 bridgehead atoms. The molecule has 1 atom stereocenters. The number of hydrogen-bond acceptors (Lipinski definition) is 5. The summed E-state index contributed by atoms with van der Waals surface area (Å²) in [6.07, 6.45) is 3.55. The molecule has 21 heavy (non-hydrogen) atoms. The van der Waals surface area contributed by atoms with Crippen LogP contribution in [0.25, 0.3) is 0 Å². The van der Waals surface area contributed by atoms with Gasteiger partial charge in [-0.25, -0.2) is 4.98 Å². The summed E-state index contributed by atoms with van der Waals surface area (Å²) >= 11 is 0. The van der Waals surface area contributed by atoms with Crippen molar-refractivity contribution in [1.82, 2.24) is 10.4 Å². The van der Waals surface area contributed by atoms with Crippen molar-refractivity contribution in [2.24, 2.45) is 5.84 Å². The monoisotopic (exact) mass is 285 g/mol. The van der Waals surface area contributed by atoms with Crippen LogP contribution in [0.3, 0.4) is 0 Å². The number of aromatic nitrogens is 1. The fourth-order valence-electron chi connectivity index (χ4n) is 2.58. The highest BCUT2D eigenvalue weighted by Gasteiger charge is 2.16. The smallest absolute Gasteiger partial charge is 0.212 e. The molecule has 1 aromatic heterocycles. The highest BCUT2D eigenvalue weighted by atomic mass is 16.5. The van der Waals surface area contributed by atoms with Crippen LogP contribution >= 0.6 is 0 Å². The van der Waals surface area contributed by atoms with Gasteiger partial charge in [-0.1, -0.05) is 18.2 Å². The third kappa shape index (κ3) is 2.99. The summed E-state index contributed by atoms with van der Waals surface area (Å²) in [4.78, 5) is 4.23. The van der Waals surface area contributed by atoms with Gasteiger partial charge in [0.15, 0.2) is 0 Å². The SMILES string of the molecule is COc1ccc(CC(NN)c2ccc3c(c2)CCO3)cn1. The van der Waals surface area contributed by atoms with Crippen molar-refractivity contribution >= 4 is 0 Å². The lowest BCUT2D eigenvalue weighted by Crippen LogP contribution is -2.29. The van der Waals surface area contributed by atoms with Crippen molar-refractivity contribution in [2.45, 2.75) is 18.9 Å². The number of hydrazine groups is 1. The Morgan fingerprint density at radius 2 is 2.29 bits per heavy atom. The summed E-state index contributed by atoms with van der Waals surface area (Å²) < 4.78 is 10.6. The van der Waals surface area contributed by atoms with E-state index in [1.165, 1.54) is 5.56 Å². The van der Waals surface area contributed by atoms with E-state index in [9.17, 15) is 0 Å². The number of nitrogens with zero attached hydrogens (tertiary/aromatic N) is 1. The molecule has 0 aliphatic carbocycles. The Kier molecular flexibility index (Phi) is 4.03. The van der Waals surface area contributed by atoms with E-state index in [1.807, 2.05) is 24.4 Å². The highest BCUT2D eigenvalue weighted by Crippen LogP contribution is 2.29. The first-order chi connectivity index (χ1) is 10.3. The molecule has 5 heteroatoms. The summed E-state index contributed by atoms with van der Waals surface area (Å²) in [5.41, 5.74) is 6.41. The molecule has 0 fully saturated rings. The molecule has 3 rings (SSSR count). The Morgan fingerprint density at radius 3 is 3.00 bits per heavy atom. The van der Waals surface area contributed by atoms with E-state index < -0.39 is 0 Å². The zero-order valence-electron chi connectivity index (χ0n) is 12.0. The third-order valence-corrected chi connectivity index (χ3v) is 3.76. The number of nitrogens with two attached hydrogens (primary N) is 1. The van der Waals surface area contributed by atoms with Gasteiger partial charge in [-0.15, -0.1) is 0 Å². The van der Waals surface area contributed by atoms with Crippen molar-refractivity contribution in [2.75, 3.05) is 13.7 Å². The molecule has 0 spiro atoms. The van der Waals surface area contributed by atoms with Crippen LogP contribution in [0.15, 0.2) is 36.5 Å². The van der Waals surface area contributed by atoms with E-state index in [-0.39, 0.29) is 6.04 Å². The number of benzene rings is 1. The van der Waals surface area contributed by atoms with Crippen LogP contribution in [0.2, 0.25) is 0 Å². The lowest BCUT2D eigenvalue weighted by Gasteiger charge is -2.17. The molecule has 110 valence electrons. The molecule has 5 nitrogen and oxygen atoms in total. The molecule has 2 heterocycles. The minimum Gasteiger partial charge on any atom is -0.493 e. The van der Waals surface area contributed by atoms with Gasteiger partial charge < -0.3 is 9.47 Å². The third-order valence-electron chi connectivity index (χ3n) is 3.76. The summed E-state index contributed by atoms with van der Waals surface area (Å²) in [5.74, 6) is 7.33. The Morgan fingerprint density at radius 1 is 1.38 bits per heavy atom. The quantitative estimate of drug-likeness (QED) is 0.647. The number of fused-ring (bicyclic) bond motifs is 1. The summed E-state index contributed by atoms with van der Waals surface area (Å²) in [5, 5.41) is 0. The summed E-state index contributed by atoms with van der Waals surface area (Å²) in [6.45, 7) is 0.766. The fourth-order valence-corrected chi connectivity index (χ4v) is 2.58. The minimum absolute atomic E-state index is 0.0473. The second kappa shape index (κ2) is 6.11. The van der Waals surface area contributed by atoms with E-state index in [1.54, 1.807) is 7.11 Å². The van der Waals surface area contributed by atoms with Gasteiger partial charge >= 0.3 is 0 Å². The minimum atomic E-state index is 0.0473. The lowest BCUT2D eigenvalue weighted by atomic mass is 9.98. The molecule has 0 amide bonds. The van der Waals surface area contributed by atoms with Crippen LogP contribution in [0.4, 0.5) is 0 Å². The highest BCUT2D eigenvalue weighted by molar-refractivity contribution is 5.41. The first kappa shape index (κ1) is 13.9. The van der Waals surface area contributed by atoms with Crippen molar-refractivity contribution in [3.63, 3.8) is 0 Å². The normalized spacial score (nSPS) is 14.4. The Labute approximate surface area is 124 Å². The zero-order valence-corrected chi connectivity index (χ0v) is 12.0. The van der Waals surface area contributed by atoms with Gasteiger partial charge in [0.05, 0.1) is 19.8 Å². The fraction of sp³-hybridized carbons (Fsp3) is 0.312. The molecular weight excluding hydrogens is 266 g/mol. The summed E-state index contributed by atoms with van der Waals surface area (Å²) in [6, 6.07) is 10.2. The molecule has 0 radical (unpaired) electrons. The molecule has 1 aromatic carbocycles. The molecule has 1 aliphatic rings. The zero-order chi connectivity index (χ0) is 14.7. The second-order valence-electron chi connectivity index (χ2n) is 5.10. The maximum Gasteiger partial charge on any atom is 0.212 e. The number of rotatable bonds is 5. The standard InChI is InChI=1S/C16H19N3O2/c1-20-16-5-2-11(10-18-16)8-14(19-17)12-3-4-15-13(9-12)6-7-21-15/h2-5,9-10,14,19H,6-8,17H2,1H3. The largest absolute Gasteiger partial charge is 0.493 e. The van der Waals surface area contributed by atoms with Gasteiger partial charge in [-0.2, -0.15) is 0 Å². The van der Waals surface area contributed by atoms with Gasteiger partial charge in [0.2, 0.25) is 5.88 Å². The number of nitrogens with one attached hydrogen (secondary N) is 1. The Hall–Kier alpha value is -2.11. The van der Waals surface area contributed by atoms with Crippen LogP contribution in [-0.4, -0.2) is 18.7 Å². The van der Waals surface area contributed by atoms with Crippen molar-refractivity contribution < 1.29 is 9.47 Å². The van der Waals surface area contributed by atoms with Crippen molar-refractivity contribution in [3.8, 4) is 11.6 Å². The van der Waals surface area contributed by atoms with Crippen LogP contribution < -0.4 is 20.7 Å². The van der Waals surface area contributed by atoms with E-state index in [0.717, 1.165) is 36.3 Å². The van der Waals surface area contributed by atoms with E-state index in [2.05, 4.69) is 22.5 Å². The molecule has 0 saturated heterocycles. The van der Waals surface area contributed by atoms with Gasteiger partial charge in [0.1, 0.15) is 5.75 Å². The average molecular weight is 285 g/mol. The molecular formula is C16H19N3O2. The van der Waals surface area contributed by atoms with Crippen LogP contribution in [0, 0.1) is 0 Å². The van der Waals surface area contributed by atoms with Gasteiger partial charge in [-0.3, -0.25) is 11.3 Å². The van der Waals surface area contributed by atoms with Gasteiger partial charge in [-0.05, 0) is 29.2 Å². The number of pyridine rings is 1. The summed E-state index contributed by atoms with van der Waals surface area (Å²) in [7, 11) is 1.61. The molecule has 2 aromatic rings. The van der Waals surface area contributed by atoms with Crippen LogP contribution in [0.1, 0.15) is 22.7 Å². The topological polar surface area (TPSA) is 69.4 Å². The Balaban J connectivity index is 1.78. The number of methoxy groups -OCH3 is 1. The van der Waals surface area contributed by atoms with Crippen molar-refractivity contribution in [1.29, 1.82) is 0 Å². The maximum atomic E-state index is 5.73. The van der Waals surface area contributed by atoms with E-state index in [0.29, 0.717) is 5.88 Å². The molecule has 0 saturated carbocycles. The molecule has 3 N–H and O–H groups in total. The predicted molar refractivity (Wildman–Crippen MR) is 80.2 cm³/mol. The van der Waals surface area contributed by atoms with Crippen LogP contribution in [0.5, 0.6) is 11.6 Å². The lowest BCUT2D eigenvalue weighted by molar-refractivity contribution is 0.356. The van der Waals surface area contributed by atoms with Gasteiger partial charge in [0.25, 0.3) is 0 Å². The predicted octanol–water partition coefficient (Wildman–Crippen LogP) is 1.77. The van der Waals surface area contributed by atoms with E-state index >= 15 is 0 Å². The van der Waals surface area contributed by atoms with E-state index in [4.69, 9.17) is 15.3 Å². The number of ether oxygens (including phenoxy) is 2. The maximum absolute atomic E-state index is 5.73. The van der Waals surface area contributed by atoms with Crippen LogP contribution in [-0.2, 0) is 12.8 Å². The molecule has 1 unspecified atom stereocenters. The first-order valence-corrected chi connectivity index (χ1v) is 7.01.